The van der Waals surface area contributed by atoms with Crippen LogP contribution in [0, 0.1) is 11.3 Å². The standard InChI is InChI=1S/C18H28ClN/c1-5-17(14-7-6-8-15(19)10-14)20-16-9-13(2)11-18(3,4)12-16/h6-8,10,13,16-17,20H,5,9,11-12H2,1-4H3. The summed E-state index contributed by atoms with van der Waals surface area (Å²) in [4.78, 5) is 0. The van der Waals surface area contributed by atoms with Gasteiger partial charge in [-0.1, -0.05) is 51.4 Å². The maximum absolute atomic E-state index is 6.13. The van der Waals surface area contributed by atoms with Gasteiger partial charge in [-0.3, -0.25) is 0 Å². The monoisotopic (exact) mass is 293 g/mol. The third-order valence-electron chi connectivity index (χ3n) is 4.48. The first-order valence-electron chi connectivity index (χ1n) is 7.91. The zero-order valence-corrected chi connectivity index (χ0v) is 14.0. The van der Waals surface area contributed by atoms with Crippen LogP contribution in [0.25, 0.3) is 0 Å². The van der Waals surface area contributed by atoms with Crippen molar-refractivity contribution in [1.29, 1.82) is 0 Å². The third-order valence-corrected chi connectivity index (χ3v) is 4.72. The molecule has 1 nitrogen and oxygen atoms in total. The minimum Gasteiger partial charge on any atom is -0.307 e. The molecule has 1 aromatic rings. The molecule has 112 valence electrons. The highest BCUT2D eigenvalue weighted by atomic mass is 35.5. The van der Waals surface area contributed by atoms with Crippen molar-refractivity contribution in [3.05, 3.63) is 34.9 Å². The van der Waals surface area contributed by atoms with Gasteiger partial charge in [0.1, 0.15) is 0 Å². The van der Waals surface area contributed by atoms with Crippen LogP contribution in [-0.4, -0.2) is 6.04 Å². The first-order chi connectivity index (χ1) is 9.39. The molecule has 3 atom stereocenters. The topological polar surface area (TPSA) is 12.0 Å². The lowest BCUT2D eigenvalue weighted by atomic mass is 9.70. The molecule has 1 fully saturated rings. The van der Waals surface area contributed by atoms with Crippen molar-refractivity contribution in [2.45, 2.75) is 65.5 Å². The van der Waals surface area contributed by atoms with Gasteiger partial charge in [0.05, 0.1) is 0 Å². The molecule has 2 heteroatoms. The zero-order chi connectivity index (χ0) is 14.8. The maximum Gasteiger partial charge on any atom is 0.0409 e. The largest absolute Gasteiger partial charge is 0.307 e. The molecule has 0 aromatic heterocycles. The lowest BCUT2D eigenvalue weighted by Gasteiger charge is -2.41. The average molecular weight is 294 g/mol. The Morgan fingerprint density at radius 1 is 1.35 bits per heavy atom. The molecule has 1 saturated carbocycles. The van der Waals surface area contributed by atoms with E-state index in [1.54, 1.807) is 0 Å². The lowest BCUT2D eigenvalue weighted by molar-refractivity contribution is 0.143. The fourth-order valence-corrected chi connectivity index (χ4v) is 4.13. The summed E-state index contributed by atoms with van der Waals surface area (Å²) < 4.78 is 0. The molecule has 1 aliphatic rings. The van der Waals surface area contributed by atoms with Crippen LogP contribution < -0.4 is 5.32 Å². The molecule has 0 bridgehead atoms. The lowest BCUT2D eigenvalue weighted by Crippen LogP contribution is -2.41. The molecule has 1 N–H and O–H groups in total. The molecule has 2 rings (SSSR count). The Balaban J connectivity index is 2.06. The van der Waals surface area contributed by atoms with Crippen molar-refractivity contribution in [3.8, 4) is 0 Å². The predicted molar refractivity (Wildman–Crippen MR) is 88.2 cm³/mol. The Morgan fingerprint density at radius 3 is 2.70 bits per heavy atom. The van der Waals surface area contributed by atoms with E-state index < -0.39 is 0 Å². The van der Waals surface area contributed by atoms with E-state index in [1.165, 1.54) is 24.8 Å². The van der Waals surface area contributed by atoms with Gasteiger partial charge in [-0.2, -0.15) is 0 Å². The van der Waals surface area contributed by atoms with Crippen molar-refractivity contribution >= 4 is 11.6 Å². The van der Waals surface area contributed by atoms with E-state index in [0.29, 0.717) is 17.5 Å². The van der Waals surface area contributed by atoms with Crippen LogP contribution in [0.3, 0.4) is 0 Å². The quantitative estimate of drug-likeness (QED) is 0.762. The van der Waals surface area contributed by atoms with Crippen molar-refractivity contribution in [2.24, 2.45) is 11.3 Å². The summed E-state index contributed by atoms with van der Waals surface area (Å²) in [5.74, 6) is 0.813. The molecule has 0 spiro atoms. The number of benzene rings is 1. The van der Waals surface area contributed by atoms with E-state index in [0.717, 1.165) is 17.4 Å². The molecule has 0 amide bonds. The number of hydrogen-bond donors (Lipinski definition) is 1. The molecule has 0 heterocycles. The number of nitrogens with one attached hydrogen (secondary N) is 1. The van der Waals surface area contributed by atoms with E-state index in [9.17, 15) is 0 Å². The van der Waals surface area contributed by atoms with Crippen molar-refractivity contribution in [3.63, 3.8) is 0 Å². The Bertz CT molecular complexity index is 441. The summed E-state index contributed by atoms with van der Waals surface area (Å²) in [6.07, 6.45) is 5.01. The molecular weight excluding hydrogens is 266 g/mol. The van der Waals surface area contributed by atoms with E-state index in [-0.39, 0.29) is 0 Å². The highest BCUT2D eigenvalue weighted by Crippen LogP contribution is 2.39. The van der Waals surface area contributed by atoms with Crippen LogP contribution >= 0.6 is 11.6 Å². The molecule has 1 aliphatic carbocycles. The SMILES string of the molecule is CCC(NC1CC(C)CC(C)(C)C1)c1cccc(Cl)c1. The van der Waals surface area contributed by atoms with E-state index >= 15 is 0 Å². The van der Waals surface area contributed by atoms with Crippen molar-refractivity contribution < 1.29 is 0 Å². The summed E-state index contributed by atoms with van der Waals surface area (Å²) >= 11 is 6.13. The number of hydrogen-bond acceptors (Lipinski definition) is 1. The Kier molecular flexibility index (Phi) is 5.14. The van der Waals surface area contributed by atoms with Gasteiger partial charge in [-0.25, -0.2) is 0 Å². The molecule has 0 aliphatic heterocycles. The molecular formula is C18H28ClN. The third kappa shape index (κ3) is 4.23. The Labute approximate surface area is 129 Å². The smallest absolute Gasteiger partial charge is 0.0409 e. The van der Waals surface area contributed by atoms with Gasteiger partial charge in [0.2, 0.25) is 0 Å². The van der Waals surface area contributed by atoms with Gasteiger partial charge in [-0.15, -0.1) is 0 Å². The van der Waals surface area contributed by atoms with E-state index in [4.69, 9.17) is 11.6 Å². The molecule has 3 unspecified atom stereocenters. The second-order valence-electron chi connectivity index (χ2n) is 7.29. The van der Waals surface area contributed by atoms with E-state index in [1.807, 2.05) is 6.07 Å². The first kappa shape index (κ1) is 15.9. The normalized spacial score (nSPS) is 27.2. The fourth-order valence-electron chi connectivity index (χ4n) is 3.93. The predicted octanol–water partition coefficient (Wildman–Crippen LogP) is 5.60. The van der Waals surface area contributed by atoms with Gasteiger partial charge in [-0.05, 0) is 54.7 Å². The van der Waals surface area contributed by atoms with Crippen LogP contribution in [0.4, 0.5) is 0 Å². The summed E-state index contributed by atoms with van der Waals surface area (Å²) in [6, 6.07) is 9.32. The fraction of sp³-hybridized carbons (Fsp3) is 0.667. The maximum atomic E-state index is 6.13. The van der Waals surface area contributed by atoms with Crippen LogP contribution in [0.15, 0.2) is 24.3 Å². The highest BCUT2D eigenvalue weighted by Gasteiger charge is 2.32. The molecule has 0 saturated heterocycles. The molecule has 0 radical (unpaired) electrons. The summed E-state index contributed by atoms with van der Waals surface area (Å²) in [5, 5.41) is 4.71. The molecule has 1 aromatic carbocycles. The number of halogens is 1. The van der Waals surface area contributed by atoms with E-state index in [2.05, 4.69) is 51.2 Å². The van der Waals surface area contributed by atoms with Gasteiger partial charge in [0.25, 0.3) is 0 Å². The second kappa shape index (κ2) is 6.49. The van der Waals surface area contributed by atoms with Crippen LogP contribution in [-0.2, 0) is 0 Å². The highest BCUT2D eigenvalue weighted by molar-refractivity contribution is 6.30. The minimum atomic E-state index is 0.416. The molecule has 20 heavy (non-hydrogen) atoms. The van der Waals surface area contributed by atoms with Gasteiger partial charge < -0.3 is 5.32 Å². The summed E-state index contributed by atoms with van der Waals surface area (Å²) in [5.41, 5.74) is 1.78. The first-order valence-corrected chi connectivity index (χ1v) is 8.29. The second-order valence-corrected chi connectivity index (χ2v) is 7.73. The Morgan fingerprint density at radius 2 is 2.10 bits per heavy atom. The van der Waals surface area contributed by atoms with Crippen molar-refractivity contribution in [2.75, 3.05) is 0 Å². The average Bonchev–Trinajstić information content (AvgIpc) is 2.33. The summed E-state index contributed by atoms with van der Waals surface area (Å²) in [6.45, 7) is 9.43. The Hall–Kier alpha value is -0.530. The van der Waals surface area contributed by atoms with Gasteiger partial charge in [0.15, 0.2) is 0 Å². The minimum absolute atomic E-state index is 0.416. The zero-order valence-electron chi connectivity index (χ0n) is 13.2. The number of rotatable bonds is 4. The van der Waals surface area contributed by atoms with Crippen LogP contribution in [0.1, 0.15) is 65.0 Å². The van der Waals surface area contributed by atoms with Crippen LogP contribution in [0.2, 0.25) is 5.02 Å². The van der Waals surface area contributed by atoms with Crippen molar-refractivity contribution in [1.82, 2.24) is 5.32 Å². The van der Waals surface area contributed by atoms with Gasteiger partial charge >= 0.3 is 0 Å². The van der Waals surface area contributed by atoms with Gasteiger partial charge in [0, 0.05) is 17.1 Å². The summed E-state index contributed by atoms with van der Waals surface area (Å²) in [7, 11) is 0. The van der Waals surface area contributed by atoms with Crippen LogP contribution in [0.5, 0.6) is 0 Å².